The van der Waals surface area contributed by atoms with Gasteiger partial charge < -0.3 is 15.6 Å². The minimum atomic E-state index is -4.53. The molecule has 0 aliphatic heterocycles. The molecule has 1 N–H and O–H groups in total. The van der Waals surface area contributed by atoms with E-state index in [0.717, 1.165) is 0 Å². The Morgan fingerprint density at radius 3 is 1.67 bits per heavy atom. The summed E-state index contributed by atoms with van der Waals surface area (Å²) in [5.41, 5.74) is 0.156. The molecule has 0 spiro atoms. The molecule has 0 aliphatic rings. The summed E-state index contributed by atoms with van der Waals surface area (Å²) < 4.78 is 43.5. The van der Waals surface area contributed by atoms with Crippen LogP contribution in [0, 0.1) is 5.92 Å². The topological polar surface area (TPSA) is 133 Å². The summed E-state index contributed by atoms with van der Waals surface area (Å²) in [5.74, 6) is -5.26. The maximum absolute atomic E-state index is 11.7. The molecule has 0 rings (SSSR count). The maximum Gasteiger partial charge on any atom is 1.00 e. The molecule has 0 fully saturated rings. The van der Waals surface area contributed by atoms with E-state index in [9.17, 15) is 22.8 Å². The predicted octanol–water partition coefficient (Wildman–Crippen LogP) is -2.65. The molecule has 0 bridgehead atoms. The quantitative estimate of drug-likeness (QED) is 0.151. The van der Waals surface area contributed by atoms with E-state index in [1.165, 1.54) is 13.8 Å². The predicted molar refractivity (Wildman–Crippen MR) is 78.7 cm³/mol. The third-order valence-electron chi connectivity index (χ3n) is 2.21. The molecule has 0 aromatic carbocycles. The molecule has 0 radical (unpaired) electrons. The maximum atomic E-state index is 11.7. The largest absolute Gasteiger partial charge is 1.00 e. The van der Waals surface area contributed by atoms with Gasteiger partial charge >= 0.3 is 57.6 Å². The summed E-state index contributed by atoms with van der Waals surface area (Å²) in [6.45, 7) is 8.40. The number of esters is 3. The number of hydrogen-bond acceptors (Lipinski definition) is 8. The molecule has 0 aromatic heterocycles. The molecule has 11 heteroatoms. The van der Waals surface area contributed by atoms with Crippen LogP contribution in [0.5, 0.6) is 0 Å². The van der Waals surface area contributed by atoms with Gasteiger partial charge in [0.15, 0.2) is 0 Å². The summed E-state index contributed by atoms with van der Waals surface area (Å²) in [6, 6.07) is 0. The standard InChI is InChI=1S/C13H18O9S.Na.H/c1-8(2)11(14)20-5-10(6-21-12(15)9(3)4)13(16)22-7-23(17,18)19;;/h10H,1,3,5-7H2,2,4H3,(H,17,18,19);;/q;+1;-1. The van der Waals surface area contributed by atoms with Crippen LogP contribution in [0.25, 0.3) is 0 Å². The third-order valence-corrected chi connectivity index (χ3v) is 2.63. The second-order valence-corrected chi connectivity index (χ2v) is 6.02. The second-order valence-electron chi connectivity index (χ2n) is 4.62. The fourth-order valence-corrected chi connectivity index (χ4v) is 1.30. The van der Waals surface area contributed by atoms with E-state index in [1.54, 1.807) is 0 Å². The van der Waals surface area contributed by atoms with Gasteiger partial charge in [-0.05, 0) is 13.8 Å². The Balaban J connectivity index is -0.00000242. The van der Waals surface area contributed by atoms with Gasteiger partial charge in [0.05, 0.1) is 0 Å². The van der Waals surface area contributed by atoms with E-state index in [4.69, 9.17) is 14.0 Å². The van der Waals surface area contributed by atoms with Gasteiger partial charge in [-0.15, -0.1) is 0 Å². The van der Waals surface area contributed by atoms with E-state index >= 15 is 0 Å². The SMILES string of the molecule is C=C(C)C(=O)OCC(COC(=O)C(=C)C)C(=O)OCS(=O)(=O)O.[H-].[Na+]. The van der Waals surface area contributed by atoms with Crippen molar-refractivity contribution in [3.8, 4) is 0 Å². The molecule has 0 unspecified atom stereocenters. The zero-order valence-electron chi connectivity index (χ0n) is 14.7. The first-order valence-electron chi connectivity index (χ1n) is 6.21. The number of ether oxygens (including phenoxy) is 3. The molecule has 24 heavy (non-hydrogen) atoms. The minimum Gasteiger partial charge on any atom is -1.00 e. The summed E-state index contributed by atoms with van der Waals surface area (Å²) in [7, 11) is -4.53. The van der Waals surface area contributed by atoms with Crippen molar-refractivity contribution in [2.45, 2.75) is 13.8 Å². The zero-order chi connectivity index (χ0) is 18.2. The summed E-state index contributed by atoms with van der Waals surface area (Å²) in [5, 5.41) is 0. The zero-order valence-corrected chi connectivity index (χ0v) is 16.6. The van der Waals surface area contributed by atoms with Crippen molar-refractivity contribution < 1.29 is 72.5 Å². The smallest absolute Gasteiger partial charge is 1.00 e. The Morgan fingerprint density at radius 2 is 1.38 bits per heavy atom. The molecule has 0 amide bonds. The van der Waals surface area contributed by atoms with Gasteiger partial charge in [0.1, 0.15) is 19.1 Å². The van der Waals surface area contributed by atoms with Crippen molar-refractivity contribution in [2.24, 2.45) is 5.92 Å². The van der Waals surface area contributed by atoms with Crippen LogP contribution in [0.1, 0.15) is 15.3 Å². The van der Waals surface area contributed by atoms with Crippen molar-refractivity contribution in [3.05, 3.63) is 24.3 Å². The molecule has 0 saturated carbocycles. The Bertz CT molecular complexity index is 585. The van der Waals surface area contributed by atoms with Gasteiger partial charge in [-0.1, -0.05) is 13.2 Å². The molecule has 0 aromatic rings. The van der Waals surface area contributed by atoms with Crippen LogP contribution in [0.3, 0.4) is 0 Å². The Morgan fingerprint density at radius 1 is 1.00 bits per heavy atom. The van der Waals surface area contributed by atoms with Gasteiger partial charge in [-0.2, -0.15) is 8.42 Å². The Hall–Kier alpha value is -1.20. The normalized spacial score (nSPS) is 10.3. The first kappa shape index (κ1) is 25.0. The minimum absolute atomic E-state index is 0. The molecule has 0 aliphatic carbocycles. The molecule has 132 valence electrons. The Labute approximate surface area is 163 Å². The molecule has 9 nitrogen and oxygen atoms in total. The van der Waals surface area contributed by atoms with Gasteiger partial charge in [0, 0.05) is 11.1 Å². The van der Waals surface area contributed by atoms with Crippen LogP contribution >= 0.6 is 0 Å². The van der Waals surface area contributed by atoms with Gasteiger partial charge in [0.25, 0.3) is 0 Å². The first-order chi connectivity index (χ1) is 10.4. The molecule has 0 heterocycles. The van der Waals surface area contributed by atoms with Crippen molar-refractivity contribution >= 4 is 28.0 Å². The number of carbonyl (C=O) groups excluding carboxylic acids is 3. The van der Waals surface area contributed by atoms with E-state index in [2.05, 4.69) is 17.9 Å². The van der Waals surface area contributed by atoms with Crippen LogP contribution in [-0.2, 0) is 38.7 Å². The van der Waals surface area contributed by atoms with E-state index < -0.39 is 53.1 Å². The monoisotopic (exact) mass is 374 g/mol. The average molecular weight is 374 g/mol. The van der Waals surface area contributed by atoms with Crippen molar-refractivity contribution in [3.63, 3.8) is 0 Å². The number of carbonyl (C=O) groups is 3. The molecule has 0 atom stereocenters. The molecular formula is C13H19NaO9S. The van der Waals surface area contributed by atoms with E-state index in [1.807, 2.05) is 0 Å². The van der Waals surface area contributed by atoms with Gasteiger partial charge in [-0.25, -0.2) is 9.59 Å². The fraction of sp³-hybridized carbons (Fsp3) is 0.462. The fourth-order valence-electron chi connectivity index (χ4n) is 1.03. The first-order valence-corrected chi connectivity index (χ1v) is 7.82. The van der Waals surface area contributed by atoms with Gasteiger partial charge in [0.2, 0.25) is 5.94 Å². The third kappa shape index (κ3) is 11.4. The van der Waals surface area contributed by atoms with Crippen LogP contribution in [0.2, 0.25) is 0 Å². The van der Waals surface area contributed by atoms with Crippen LogP contribution < -0.4 is 29.6 Å². The summed E-state index contributed by atoms with van der Waals surface area (Å²) >= 11 is 0. The Kier molecular flexibility index (Phi) is 11.9. The van der Waals surface area contributed by atoms with Crippen LogP contribution in [0.15, 0.2) is 24.3 Å². The van der Waals surface area contributed by atoms with Crippen molar-refractivity contribution in [2.75, 3.05) is 19.2 Å². The summed E-state index contributed by atoms with van der Waals surface area (Å²) in [6.07, 6.45) is 0. The van der Waals surface area contributed by atoms with Crippen LogP contribution in [-0.4, -0.2) is 50.0 Å². The van der Waals surface area contributed by atoms with Crippen molar-refractivity contribution in [1.29, 1.82) is 0 Å². The van der Waals surface area contributed by atoms with Crippen molar-refractivity contribution in [1.82, 2.24) is 0 Å². The van der Waals surface area contributed by atoms with Crippen LogP contribution in [0.4, 0.5) is 0 Å². The van der Waals surface area contributed by atoms with Gasteiger partial charge in [-0.3, -0.25) is 9.35 Å². The van der Waals surface area contributed by atoms with E-state index in [0.29, 0.717) is 0 Å². The summed E-state index contributed by atoms with van der Waals surface area (Å²) in [4.78, 5) is 34.3. The van der Waals surface area contributed by atoms with E-state index in [-0.39, 0.29) is 42.1 Å². The molecule has 0 saturated heterocycles. The number of rotatable bonds is 9. The molecular weight excluding hydrogens is 355 g/mol. The second kappa shape index (κ2) is 11.4. The number of hydrogen-bond donors (Lipinski definition) is 1. The average Bonchev–Trinajstić information content (AvgIpc) is 2.42.